The van der Waals surface area contributed by atoms with Crippen LogP contribution in [0.2, 0.25) is 5.02 Å². The van der Waals surface area contributed by atoms with Crippen LogP contribution in [0, 0.1) is 5.92 Å². The zero-order valence-corrected chi connectivity index (χ0v) is 16.0. The van der Waals surface area contributed by atoms with Gasteiger partial charge in [-0.15, -0.1) is 0 Å². The van der Waals surface area contributed by atoms with Crippen molar-refractivity contribution in [3.8, 4) is 0 Å². The minimum Gasteiger partial charge on any atom is -0.326 e. The Morgan fingerprint density at radius 1 is 1.12 bits per heavy atom. The molecule has 6 heteroatoms. The van der Waals surface area contributed by atoms with Gasteiger partial charge in [0.15, 0.2) is 9.84 Å². The third kappa shape index (κ3) is 5.58. The van der Waals surface area contributed by atoms with Crippen LogP contribution in [0.15, 0.2) is 48.5 Å². The number of carbonyl (C=O) groups is 1. The summed E-state index contributed by atoms with van der Waals surface area (Å²) in [4.78, 5) is 12.2. The highest BCUT2D eigenvalue weighted by atomic mass is 35.5. The lowest BCUT2D eigenvalue weighted by molar-refractivity contribution is -0.116. The molecule has 1 saturated heterocycles. The molecule has 2 aromatic carbocycles. The number of benzene rings is 2. The first kappa shape index (κ1) is 18.9. The topological polar surface area (TPSA) is 63.2 Å². The lowest BCUT2D eigenvalue weighted by Gasteiger charge is -2.10. The number of anilines is 1. The van der Waals surface area contributed by atoms with E-state index in [2.05, 4.69) is 5.32 Å². The SMILES string of the molecule is O=C(CCC1CCS(=O)(=O)C1)Nc1cccc(Cc2ccc(Cl)cc2)c1. The van der Waals surface area contributed by atoms with Crippen LogP contribution in [0.4, 0.5) is 5.69 Å². The normalized spacial score (nSPS) is 18.6. The Hall–Kier alpha value is -1.85. The first-order chi connectivity index (χ1) is 12.4. The summed E-state index contributed by atoms with van der Waals surface area (Å²) < 4.78 is 22.9. The molecular formula is C20H22ClNO3S. The van der Waals surface area contributed by atoms with Crippen molar-refractivity contribution in [2.45, 2.75) is 25.7 Å². The van der Waals surface area contributed by atoms with E-state index in [0.717, 1.165) is 23.2 Å². The molecule has 1 aliphatic heterocycles. The summed E-state index contributed by atoms with van der Waals surface area (Å²) in [7, 11) is -2.88. The summed E-state index contributed by atoms with van der Waals surface area (Å²) >= 11 is 5.91. The number of amides is 1. The van der Waals surface area contributed by atoms with Gasteiger partial charge in [0.05, 0.1) is 11.5 Å². The lowest BCUT2D eigenvalue weighted by Crippen LogP contribution is -2.14. The monoisotopic (exact) mass is 391 g/mol. The Morgan fingerprint density at radius 2 is 1.88 bits per heavy atom. The summed E-state index contributed by atoms with van der Waals surface area (Å²) in [5.74, 6) is 0.517. The van der Waals surface area contributed by atoms with Crippen LogP contribution in [0.25, 0.3) is 0 Å². The number of nitrogens with one attached hydrogen (secondary N) is 1. The molecule has 26 heavy (non-hydrogen) atoms. The molecule has 0 aliphatic carbocycles. The molecule has 4 nitrogen and oxygen atoms in total. The van der Waals surface area contributed by atoms with Crippen LogP contribution >= 0.6 is 11.6 Å². The third-order valence-electron chi connectivity index (χ3n) is 4.64. The van der Waals surface area contributed by atoms with Gasteiger partial charge in [0.25, 0.3) is 0 Å². The van der Waals surface area contributed by atoms with E-state index in [4.69, 9.17) is 11.6 Å². The van der Waals surface area contributed by atoms with Crippen molar-refractivity contribution in [1.82, 2.24) is 0 Å². The Bertz CT molecular complexity index is 878. The minimum atomic E-state index is -2.88. The molecule has 1 aliphatic rings. The van der Waals surface area contributed by atoms with Crippen molar-refractivity contribution in [1.29, 1.82) is 0 Å². The molecule has 1 fully saturated rings. The van der Waals surface area contributed by atoms with E-state index < -0.39 is 9.84 Å². The van der Waals surface area contributed by atoms with Crippen LogP contribution in [0.5, 0.6) is 0 Å². The van der Waals surface area contributed by atoms with Gasteiger partial charge in [-0.25, -0.2) is 8.42 Å². The van der Waals surface area contributed by atoms with E-state index in [1.807, 2.05) is 48.5 Å². The Morgan fingerprint density at radius 3 is 2.58 bits per heavy atom. The Labute approximate surface area is 159 Å². The van der Waals surface area contributed by atoms with Crippen molar-refractivity contribution in [3.05, 3.63) is 64.7 Å². The van der Waals surface area contributed by atoms with Gasteiger partial charge in [-0.1, -0.05) is 35.9 Å². The van der Waals surface area contributed by atoms with E-state index >= 15 is 0 Å². The molecule has 3 rings (SSSR count). The standard InChI is InChI=1S/C20H22ClNO3S/c21-18-7-4-15(5-8-18)12-17-2-1-3-19(13-17)22-20(23)9-6-16-10-11-26(24,25)14-16/h1-5,7-8,13,16H,6,9-12,14H2,(H,22,23). The summed E-state index contributed by atoms with van der Waals surface area (Å²) in [6.07, 6.45) is 2.41. The average Bonchev–Trinajstić information content (AvgIpc) is 2.95. The largest absolute Gasteiger partial charge is 0.326 e. The second kappa shape index (κ2) is 8.23. The zero-order valence-electron chi connectivity index (χ0n) is 14.4. The van der Waals surface area contributed by atoms with E-state index in [-0.39, 0.29) is 23.3 Å². The summed E-state index contributed by atoms with van der Waals surface area (Å²) in [5.41, 5.74) is 3.02. The van der Waals surface area contributed by atoms with Crippen molar-refractivity contribution in [3.63, 3.8) is 0 Å². The van der Waals surface area contributed by atoms with E-state index in [1.165, 1.54) is 0 Å². The molecule has 2 aromatic rings. The van der Waals surface area contributed by atoms with E-state index in [1.54, 1.807) is 0 Å². The molecule has 0 bridgehead atoms. The number of halogens is 1. The van der Waals surface area contributed by atoms with Gasteiger partial charge in [0.2, 0.25) is 5.91 Å². The molecule has 0 radical (unpaired) electrons. The maximum atomic E-state index is 12.2. The maximum Gasteiger partial charge on any atom is 0.224 e. The van der Waals surface area contributed by atoms with Crippen LogP contribution in [-0.4, -0.2) is 25.8 Å². The maximum absolute atomic E-state index is 12.2. The van der Waals surface area contributed by atoms with E-state index in [0.29, 0.717) is 24.3 Å². The number of sulfone groups is 1. The third-order valence-corrected chi connectivity index (χ3v) is 6.73. The van der Waals surface area contributed by atoms with Gasteiger partial charge in [-0.05, 0) is 60.6 Å². The van der Waals surface area contributed by atoms with Crippen LogP contribution in [0.1, 0.15) is 30.4 Å². The fraction of sp³-hybridized carbons (Fsp3) is 0.350. The molecular weight excluding hydrogens is 370 g/mol. The molecule has 1 atom stereocenters. The fourth-order valence-electron chi connectivity index (χ4n) is 3.26. The summed E-state index contributed by atoms with van der Waals surface area (Å²) in [5, 5.41) is 3.63. The number of rotatable bonds is 6. The van der Waals surface area contributed by atoms with Gasteiger partial charge < -0.3 is 5.32 Å². The van der Waals surface area contributed by atoms with Crippen LogP contribution in [-0.2, 0) is 21.1 Å². The molecule has 0 aromatic heterocycles. The molecule has 1 amide bonds. The number of carbonyl (C=O) groups excluding carboxylic acids is 1. The van der Waals surface area contributed by atoms with Crippen molar-refractivity contribution in [2.24, 2.45) is 5.92 Å². The van der Waals surface area contributed by atoms with Gasteiger partial charge in [-0.3, -0.25) is 4.79 Å². The average molecular weight is 392 g/mol. The van der Waals surface area contributed by atoms with E-state index in [9.17, 15) is 13.2 Å². The first-order valence-electron chi connectivity index (χ1n) is 8.73. The fourth-order valence-corrected chi connectivity index (χ4v) is 5.29. The predicted molar refractivity (Wildman–Crippen MR) is 105 cm³/mol. The number of hydrogen-bond acceptors (Lipinski definition) is 3. The first-order valence-corrected chi connectivity index (χ1v) is 10.9. The molecule has 138 valence electrons. The van der Waals surface area contributed by atoms with Gasteiger partial charge in [0, 0.05) is 17.1 Å². The van der Waals surface area contributed by atoms with Crippen molar-refractivity contribution < 1.29 is 13.2 Å². The summed E-state index contributed by atoms with van der Waals surface area (Å²) in [6, 6.07) is 15.5. The molecule has 0 spiro atoms. The highest BCUT2D eigenvalue weighted by Gasteiger charge is 2.27. The van der Waals surface area contributed by atoms with Gasteiger partial charge >= 0.3 is 0 Å². The second-order valence-electron chi connectivity index (χ2n) is 6.86. The second-order valence-corrected chi connectivity index (χ2v) is 9.52. The lowest BCUT2D eigenvalue weighted by atomic mass is 10.0. The predicted octanol–water partition coefficient (Wildman–Crippen LogP) is 4.08. The van der Waals surface area contributed by atoms with Crippen molar-refractivity contribution in [2.75, 3.05) is 16.8 Å². The smallest absolute Gasteiger partial charge is 0.224 e. The highest BCUT2D eigenvalue weighted by molar-refractivity contribution is 7.91. The van der Waals surface area contributed by atoms with Crippen LogP contribution in [0.3, 0.4) is 0 Å². The Kier molecular flexibility index (Phi) is 5.99. The van der Waals surface area contributed by atoms with Crippen LogP contribution < -0.4 is 5.32 Å². The summed E-state index contributed by atoms with van der Waals surface area (Å²) in [6.45, 7) is 0. The van der Waals surface area contributed by atoms with Gasteiger partial charge in [0.1, 0.15) is 0 Å². The number of hydrogen-bond donors (Lipinski definition) is 1. The molecule has 1 unspecified atom stereocenters. The highest BCUT2D eigenvalue weighted by Crippen LogP contribution is 2.23. The quantitative estimate of drug-likeness (QED) is 0.806. The zero-order chi connectivity index (χ0) is 18.6. The van der Waals surface area contributed by atoms with Gasteiger partial charge in [-0.2, -0.15) is 0 Å². The minimum absolute atomic E-state index is 0.0714. The molecule has 0 saturated carbocycles. The van der Waals surface area contributed by atoms with Crippen molar-refractivity contribution >= 4 is 33.0 Å². The Balaban J connectivity index is 1.53. The molecule has 1 heterocycles. The molecule has 1 N–H and O–H groups in total.